The average molecular weight is 277 g/mol. The molecule has 0 spiro atoms. The first-order valence-corrected chi connectivity index (χ1v) is 6.12. The zero-order valence-electron chi connectivity index (χ0n) is 10.4. The highest BCUT2D eigenvalue weighted by atomic mass is 19.4. The summed E-state index contributed by atoms with van der Waals surface area (Å²) in [5.41, 5.74) is -1.29. The molecular weight excluding hydrogens is 262 g/mol. The van der Waals surface area contributed by atoms with E-state index in [1.807, 2.05) is 6.92 Å². The van der Waals surface area contributed by atoms with E-state index in [9.17, 15) is 17.6 Å². The monoisotopic (exact) mass is 277 g/mol. The van der Waals surface area contributed by atoms with Gasteiger partial charge in [0.2, 0.25) is 0 Å². The van der Waals surface area contributed by atoms with Crippen molar-refractivity contribution in [2.24, 2.45) is 5.92 Å². The van der Waals surface area contributed by atoms with Crippen LogP contribution in [0, 0.1) is 11.7 Å². The van der Waals surface area contributed by atoms with Gasteiger partial charge in [-0.2, -0.15) is 13.2 Å². The number of halogens is 4. The molecule has 0 amide bonds. The summed E-state index contributed by atoms with van der Waals surface area (Å²) in [6.45, 7) is 3.49. The summed E-state index contributed by atoms with van der Waals surface area (Å²) in [7, 11) is 0. The molecule has 1 aromatic rings. The minimum absolute atomic E-state index is 0.0625. The molecule has 0 radical (unpaired) electrons. The summed E-state index contributed by atoms with van der Waals surface area (Å²) in [4.78, 5) is 0. The average Bonchev–Trinajstić information content (AvgIpc) is 2.33. The highest BCUT2D eigenvalue weighted by Crippen LogP contribution is 2.34. The summed E-state index contributed by atoms with van der Waals surface area (Å²) in [6.07, 6.45) is -4.13. The number of alkyl halides is 3. The van der Waals surface area contributed by atoms with E-state index in [1.54, 1.807) is 0 Å². The predicted octanol–water partition coefficient (Wildman–Crippen LogP) is 3.22. The molecule has 0 bridgehead atoms. The van der Waals surface area contributed by atoms with Crippen LogP contribution >= 0.6 is 0 Å². The van der Waals surface area contributed by atoms with Crippen LogP contribution in [0.3, 0.4) is 0 Å². The van der Waals surface area contributed by atoms with Crippen LogP contribution < -0.4 is 10.1 Å². The second-order valence-electron chi connectivity index (χ2n) is 4.77. The van der Waals surface area contributed by atoms with Crippen molar-refractivity contribution in [2.75, 3.05) is 13.1 Å². The maximum Gasteiger partial charge on any atom is 0.419 e. The van der Waals surface area contributed by atoms with Crippen molar-refractivity contribution >= 4 is 0 Å². The molecule has 1 heterocycles. The summed E-state index contributed by atoms with van der Waals surface area (Å²) in [6, 6.07) is 2.76. The van der Waals surface area contributed by atoms with Gasteiger partial charge in [-0.1, -0.05) is 6.92 Å². The lowest BCUT2D eigenvalue weighted by molar-refractivity contribution is -0.140. The SMILES string of the molecule is CC1CNCCC1Oc1ccc(F)c(C(F)(F)F)c1. The minimum atomic E-state index is -4.71. The third-order valence-corrected chi connectivity index (χ3v) is 3.24. The summed E-state index contributed by atoms with van der Waals surface area (Å²) < 4.78 is 56.4. The largest absolute Gasteiger partial charge is 0.490 e. The molecule has 2 atom stereocenters. The van der Waals surface area contributed by atoms with Crippen LogP contribution in [-0.2, 0) is 6.18 Å². The summed E-state index contributed by atoms with van der Waals surface area (Å²) in [5.74, 6) is -1.01. The van der Waals surface area contributed by atoms with Gasteiger partial charge in [0.25, 0.3) is 0 Å². The van der Waals surface area contributed by atoms with Gasteiger partial charge in [0.15, 0.2) is 0 Å². The molecule has 1 aromatic carbocycles. The topological polar surface area (TPSA) is 21.3 Å². The van der Waals surface area contributed by atoms with Gasteiger partial charge in [-0.3, -0.25) is 0 Å². The Hall–Kier alpha value is -1.30. The molecule has 2 unspecified atom stereocenters. The minimum Gasteiger partial charge on any atom is -0.490 e. The third kappa shape index (κ3) is 3.37. The molecule has 19 heavy (non-hydrogen) atoms. The summed E-state index contributed by atoms with van der Waals surface area (Å²) in [5, 5.41) is 3.18. The van der Waals surface area contributed by atoms with Crippen molar-refractivity contribution in [2.45, 2.75) is 25.6 Å². The van der Waals surface area contributed by atoms with Gasteiger partial charge in [0, 0.05) is 12.5 Å². The van der Waals surface area contributed by atoms with Crippen molar-refractivity contribution < 1.29 is 22.3 Å². The zero-order chi connectivity index (χ0) is 14.0. The molecule has 0 aliphatic carbocycles. The molecule has 0 aromatic heterocycles. The second-order valence-corrected chi connectivity index (χ2v) is 4.77. The molecule has 0 saturated carbocycles. The summed E-state index contributed by atoms with van der Waals surface area (Å²) >= 11 is 0. The normalized spacial score (nSPS) is 24.3. The molecule has 106 valence electrons. The van der Waals surface area contributed by atoms with Crippen LogP contribution in [0.4, 0.5) is 17.6 Å². The Morgan fingerprint density at radius 3 is 2.68 bits per heavy atom. The molecule has 1 N–H and O–H groups in total. The first-order chi connectivity index (χ1) is 8.88. The van der Waals surface area contributed by atoms with E-state index in [2.05, 4.69) is 5.32 Å². The lowest BCUT2D eigenvalue weighted by atomic mass is 9.98. The maximum absolute atomic E-state index is 13.1. The van der Waals surface area contributed by atoms with Gasteiger partial charge in [-0.25, -0.2) is 4.39 Å². The fourth-order valence-electron chi connectivity index (χ4n) is 2.13. The smallest absolute Gasteiger partial charge is 0.419 e. The Kier molecular flexibility index (Phi) is 3.99. The number of hydrogen-bond donors (Lipinski definition) is 1. The van der Waals surface area contributed by atoms with Crippen LogP contribution in [0.2, 0.25) is 0 Å². The van der Waals surface area contributed by atoms with Crippen LogP contribution in [0.25, 0.3) is 0 Å². The zero-order valence-corrected chi connectivity index (χ0v) is 10.4. The van der Waals surface area contributed by atoms with E-state index in [0.717, 1.165) is 31.6 Å². The molecule has 1 aliphatic heterocycles. The highest BCUT2D eigenvalue weighted by molar-refractivity contribution is 5.32. The van der Waals surface area contributed by atoms with Gasteiger partial charge in [-0.15, -0.1) is 0 Å². The molecule has 6 heteroatoms. The van der Waals surface area contributed by atoms with E-state index in [4.69, 9.17) is 4.74 Å². The van der Waals surface area contributed by atoms with Crippen molar-refractivity contribution in [3.8, 4) is 5.75 Å². The molecule has 2 nitrogen and oxygen atoms in total. The number of hydrogen-bond acceptors (Lipinski definition) is 2. The second kappa shape index (κ2) is 5.36. The molecule has 1 aliphatic rings. The van der Waals surface area contributed by atoms with E-state index in [0.29, 0.717) is 0 Å². The standard InChI is InChI=1S/C13H15F4NO/c1-8-7-18-5-4-12(8)19-9-2-3-11(14)10(6-9)13(15,16)17/h2-3,6,8,12,18H,4-5,7H2,1H3. The van der Waals surface area contributed by atoms with Crippen molar-refractivity contribution in [1.82, 2.24) is 5.32 Å². The molecule has 2 rings (SSSR count). The van der Waals surface area contributed by atoms with Crippen LogP contribution in [0.5, 0.6) is 5.75 Å². The van der Waals surface area contributed by atoms with Crippen molar-refractivity contribution in [3.05, 3.63) is 29.6 Å². The fourth-order valence-corrected chi connectivity index (χ4v) is 2.13. The number of rotatable bonds is 2. The predicted molar refractivity (Wildman–Crippen MR) is 62.5 cm³/mol. The van der Waals surface area contributed by atoms with Gasteiger partial charge >= 0.3 is 6.18 Å². The van der Waals surface area contributed by atoms with Gasteiger partial charge in [-0.05, 0) is 31.2 Å². The molecule has 1 saturated heterocycles. The lowest BCUT2D eigenvalue weighted by Crippen LogP contribution is -2.41. The van der Waals surface area contributed by atoms with Gasteiger partial charge < -0.3 is 10.1 Å². The number of piperidine rings is 1. The van der Waals surface area contributed by atoms with E-state index in [1.165, 1.54) is 6.07 Å². The van der Waals surface area contributed by atoms with Gasteiger partial charge in [0.05, 0.1) is 5.56 Å². The van der Waals surface area contributed by atoms with Crippen molar-refractivity contribution in [3.63, 3.8) is 0 Å². The molecule has 1 fully saturated rings. The van der Waals surface area contributed by atoms with Crippen molar-refractivity contribution in [1.29, 1.82) is 0 Å². The number of benzene rings is 1. The Balaban J connectivity index is 2.17. The Labute approximate surface area is 108 Å². The highest BCUT2D eigenvalue weighted by Gasteiger charge is 2.34. The fraction of sp³-hybridized carbons (Fsp3) is 0.538. The first kappa shape index (κ1) is 14.1. The number of ether oxygens (including phenoxy) is 1. The van der Waals surface area contributed by atoms with Crippen LogP contribution in [0.15, 0.2) is 18.2 Å². The Morgan fingerprint density at radius 1 is 1.32 bits per heavy atom. The van der Waals surface area contributed by atoms with Crippen LogP contribution in [-0.4, -0.2) is 19.2 Å². The first-order valence-electron chi connectivity index (χ1n) is 6.12. The maximum atomic E-state index is 13.1. The third-order valence-electron chi connectivity index (χ3n) is 3.24. The Morgan fingerprint density at radius 2 is 2.05 bits per heavy atom. The molecular formula is C13H15F4NO. The van der Waals surface area contributed by atoms with Crippen LogP contribution in [0.1, 0.15) is 18.9 Å². The number of nitrogens with one attached hydrogen (secondary N) is 1. The Bertz CT molecular complexity index is 447. The van der Waals surface area contributed by atoms with E-state index in [-0.39, 0.29) is 17.8 Å². The van der Waals surface area contributed by atoms with Gasteiger partial charge in [0.1, 0.15) is 17.7 Å². The quantitative estimate of drug-likeness (QED) is 0.838. The van der Waals surface area contributed by atoms with E-state index < -0.39 is 17.6 Å². The lowest BCUT2D eigenvalue weighted by Gasteiger charge is -2.30. The van der Waals surface area contributed by atoms with E-state index >= 15 is 0 Å².